The zero-order valence-electron chi connectivity index (χ0n) is 12.8. The Kier molecular flexibility index (Phi) is 5.90. The van der Waals surface area contributed by atoms with E-state index in [1.807, 2.05) is 13.8 Å². The molecule has 0 atom stereocenters. The van der Waals surface area contributed by atoms with Gasteiger partial charge in [-0.05, 0) is 62.3 Å². The Morgan fingerprint density at radius 1 is 1.20 bits per heavy atom. The molecule has 0 bridgehead atoms. The van der Waals surface area contributed by atoms with Crippen molar-refractivity contribution in [3.05, 3.63) is 22.8 Å². The molecule has 5 heteroatoms. The molecule has 0 spiro atoms. The molecule has 1 aromatic carbocycles. The summed E-state index contributed by atoms with van der Waals surface area (Å²) in [6, 6.07) is 1.59. The van der Waals surface area contributed by atoms with Gasteiger partial charge in [-0.2, -0.15) is 0 Å². The molecule has 0 fully saturated rings. The van der Waals surface area contributed by atoms with Crippen LogP contribution >= 0.6 is 10.7 Å². The van der Waals surface area contributed by atoms with Crippen molar-refractivity contribution >= 4 is 19.7 Å². The van der Waals surface area contributed by atoms with Crippen LogP contribution in [0.5, 0.6) is 5.75 Å². The summed E-state index contributed by atoms with van der Waals surface area (Å²) in [5, 5.41) is 0. The molecule has 0 aliphatic heterocycles. The molecule has 0 radical (unpaired) electrons. The van der Waals surface area contributed by atoms with Crippen molar-refractivity contribution in [2.24, 2.45) is 5.92 Å². The lowest BCUT2D eigenvalue weighted by Crippen LogP contribution is -2.06. The third-order valence-electron chi connectivity index (χ3n) is 3.41. The van der Waals surface area contributed by atoms with Gasteiger partial charge in [0.1, 0.15) is 5.75 Å². The van der Waals surface area contributed by atoms with Crippen LogP contribution < -0.4 is 4.74 Å². The van der Waals surface area contributed by atoms with Gasteiger partial charge < -0.3 is 4.74 Å². The average Bonchev–Trinajstić information content (AvgIpc) is 2.31. The minimum absolute atomic E-state index is 0.170. The van der Waals surface area contributed by atoms with Crippen molar-refractivity contribution < 1.29 is 13.2 Å². The number of hydrogen-bond acceptors (Lipinski definition) is 3. The molecule has 1 aromatic rings. The Labute approximate surface area is 126 Å². The summed E-state index contributed by atoms with van der Waals surface area (Å²) in [6.07, 6.45) is 2.11. The highest BCUT2D eigenvalue weighted by molar-refractivity contribution is 8.13. The van der Waals surface area contributed by atoms with E-state index in [2.05, 4.69) is 13.8 Å². The van der Waals surface area contributed by atoms with Crippen LogP contribution in [-0.2, 0) is 9.05 Å². The first kappa shape index (κ1) is 17.3. The van der Waals surface area contributed by atoms with Gasteiger partial charge in [-0.1, -0.05) is 13.8 Å². The zero-order valence-corrected chi connectivity index (χ0v) is 14.4. The first-order valence-electron chi connectivity index (χ1n) is 6.82. The van der Waals surface area contributed by atoms with E-state index in [1.165, 1.54) is 0 Å². The zero-order chi connectivity index (χ0) is 15.5. The quantitative estimate of drug-likeness (QED) is 0.578. The Morgan fingerprint density at radius 3 is 2.30 bits per heavy atom. The minimum atomic E-state index is -3.71. The van der Waals surface area contributed by atoms with Crippen molar-refractivity contribution in [2.75, 3.05) is 6.61 Å². The van der Waals surface area contributed by atoms with Crippen molar-refractivity contribution in [3.8, 4) is 5.75 Å². The second-order valence-corrected chi connectivity index (χ2v) is 8.13. The van der Waals surface area contributed by atoms with Crippen molar-refractivity contribution in [3.63, 3.8) is 0 Å². The van der Waals surface area contributed by atoms with Gasteiger partial charge in [0, 0.05) is 10.7 Å². The summed E-state index contributed by atoms with van der Waals surface area (Å²) in [5.74, 6) is 1.43. The van der Waals surface area contributed by atoms with Gasteiger partial charge >= 0.3 is 0 Å². The predicted octanol–water partition coefficient (Wildman–Crippen LogP) is 4.35. The maximum absolute atomic E-state index is 11.5. The molecule has 3 nitrogen and oxygen atoms in total. The maximum Gasteiger partial charge on any atom is 0.261 e. The van der Waals surface area contributed by atoms with Crippen LogP contribution in [0.4, 0.5) is 0 Å². The second kappa shape index (κ2) is 6.81. The Balaban J connectivity index is 2.97. The van der Waals surface area contributed by atoms with Crippen molar-refractivity contribution in [2.45, 2.75) is 52.4 Å². The van der Waals surface area contributed by atoms with E-state index in [-0.39, 0.29) is 4.90 Å². The second-order valence-electron chi connectivity index (χ2n) is 5.59. The van der Waals surface area contributed by atoms with E-state index in [1.54, 1.807) is 13.0 Å². The normalized spacial score (nSPS) is 11.9. The van der Waals surface area contributed by atoms with Crippen LogP contribution in [0, 0.1) is 26.7 Å². The molecule has 0 amide bonds. The maximum atomic E-state index is 11.5. The van der Waals surface area contributed by atoms with Crippen LogP contribution in [0.1, 0.15) is 43.4 Å². The SMILES string of the molecule is Cc1cc(S(=O)(=O)Cl)c(C)c(C)c1OCCCC(C)C. The van der Waals surface area contributed by atoms with Gasteiger partial charge in [-0.15, -0.1) is 0 Å². The number of hydrogen-bond donors (Lipinski definition) is 0. The number of rotatable bonds is 6. The van der Waals surface area contributed by atoms with Crippen LogP contribution in [-0.4, -0.2) is 15.0 Å². The highest BCUT2D eigenvalue weighted by atomic mass is 35.7. The molecular weight excluding hydrogens is 296 g/mol. The molecule has 0 aliphatic rings. The van der Waals surface area contributed by atoms with Crippen LogP contribution in [0.25, 0.3) is 0 Å². The predicted molar refractivity (Wildman–Crippen MR) is 83.3 cm³/mol. The monoisotopic (exact) mass is 318 g/mol. The molecule has 0 N–H and O–H groups in total. The third kappa shape index (κ3) is 4.38. The van der Waals surface area contributed by atoms with E-state index < -0.39 is 9.05 Å². The fourth-order valence-electron chi connectivity index (χ4n) is 2.16. The molecule has 114 valence electrons. The van der Waals surface area contributed by atoms with E-state index >= 15 is 0 Å². The summed E-state index contributed by atoms with van der Waals surface area (Å²) in [4.78, 5) is 0.170. The lowest BCUT2D eigenvalue weighted by atomic mass is 10.0. The Hall–Kier alpha value is -0.740. The van der Waals surface area contributed by atoms with E-state index in [0.29, 0.717) is 18.1 Å². The van der Waals surface area contributed by atoms with Gasteiger partial charge in [0.05, 0.1) is 11.5 Å². The summed E-state index contributed by atoms with van der Waals surface area (Å²) in [6.45, 7) is 10.5. The lowest BCUT2D eigenvalue weighted by molar-refractivity contribution is 0.293. The lowest BCUT2D eigenvalue weighted by Gasteiger charge is -2.16. The van der Waals surface area contributed by atoms with E-state index in [0.717, 1.165) is 29.7 Å². The molecule has 20 heavy (non-hydrogen) atoms. The van der Waals surface area contributed by atoms with Crippen molar-refractivity contribution in [1.82, 2.24) is 0 Å². The highest BCUT2D eigenvalue weighted by Gasteiger charge is 2.19. The summed E-state index contributed by atoms with van der Waals surface area (Å²) >= 11 is 0. The first-order valence-corrected chi connectivity index (χ1v) is 9.13. The van der Waals surface area contributed by atoms with E-state index in [9.17, 15) is 8.42 Å². The third-order valence-corrected chi connectivity index (χ3v) is 4.86. The fraction of sp³-hybridized carbons (Fsp3) is 0.600. The molecule has 0 aliphatic carbocycles. The molecule has 0 heterocycles. The van der Waals surface area contributed by atoms with Crippen molar-refractivity contribution in [1.29, 1.82) is 0 Å². The van der Waals surface area contributed by atoms with Gasteiger partial charge in [-0.3, -0.25) is 0 Å². The topological polar surface area (TPSA) is 43.4 Å². The van der Waals surface area contributed by atoms with Gasteiger partial charge in [-0.25, -0.2) is 8.42 Å². The first-order chi connectivity index (χ1) is 9.14. The average molecular weight is 319 g/mol. The Morgan fingerprint density at radius 2 is 1.80 bits per heavy atom. The molecule has 0 aromatic heterocycles. The molecule has 0 saturated heterocycles. The number of ether oxygens (including phenoxy) is 1. The smallest absolute Gasteiger partial charge is 0.261 e. The number of halogens is 1. The van der Waals surface area contributed by atoms with Gasteiger partial charge in [0.25, 0.3) is 9.05 Å². The summed E-state index contributed by atoms with van der Waals surface area (Å²) in [5.41, 5.74) is 2.30. The van der Waals surface area contributed by atoms with Crippen LogP contribution in [0.3, 0.4) is 0 Å². The largest absolute Gasteiger partial charge is 0.493 e. The molecule has 1 rings (SSSR count). The fourth-order valence-corrected chi connectivity index (χ4v) is 3.48. The minimum Gasteiger partial charge on any atom is -0.493 e. The molecule has 0 saturated carbocycles. The highest BCUT2D eigenvalue weighted by Crippen LogP contribution is 2.32. The van der Waals surface area contributed by atoms with E-state index in [4.69, 9.17) is 15.4 Å². The summed E-state index contributed by atoms with van der Waals surface area (Å²) < 4.78 is 28.9. The number of aryl methyl sites for hydroxylation is 1. The molecular formula is C15H23ClO3S. The van der Waals surface area contributed by atoms with Gasteiger partial charge in [0.15, 0.2) is 0 Å². The van der Waals surface area contributed by atoms with Crippen LogP contribution in [0.2, 0.25) is 0 Å². The molecule has 0 unspecified atom stereocenters. The summed E-state index contributed by atoms with van der Waals surface area (Å²) in [7, 11) is 1.74. The van der Waals surface area contributed by atoms with Crippen LogP contribution in [0.15, 0.2) is 11.0 Å². The number of benzene rings is 1. The van der Waals surface area contributed by atoms with Gasteiger partial charge in [0.2, 0.25) is 0 Å². The Bertz CT molecular complexity index is 577. The standard InChI is InChI=1S/C15H23ClO3S/c1-10(2)7-6-8-19-15-11(3)9-14(20(16,17)18)12(4)13(15)5/h9-10H,6-8H2,1-5H3.